The Morgan fingerprint density at radius 3 is 3.12 bits per heavy atom. The van der Waals surface area contributed by atoms with Gasteiger partial charge >= 0.3 is 0 Å². The quantitative estimate of drug-likeness (QED) is 0.738. The van der Waals surface area contributed by atoms with Crippen molar-refractivity contribution in [3.8, 4) is 0 Å². The first kappa shape index (κ1) is 11.1. The molecule has 88 valence electrons. The van der Waals surface area contributed by atoms with Gasteiger partial charge in [0.25, 0.3) is 5.91 Å². The van der Waals surface area contributed by atoms with Crippen molar-refractivity contribution in [2.75, 3.05) is 13.1 Å². The molecule has 1 unspecified atom stereocenters. The smallest absolute Gasteiger partial charge is 0.293 e. The fourth-order valence-electron chi connectivity index (χ4n) is 1.83. The number of hydrogen-bond donors (Lipinski definition) is 2. The minimum atomic E-state index is -0.415. The van der Waals surface area contributed by atoms with E-state index < -0.39 is 6.10 Å². The summed E-state index contributed by atoms with van der Waals surface area (Å²) < 4.78 is 0. The van der Waals surface area contributed by atoms with E-state index in [1.54, 1.807) is 4.90 Å². The van der Waals surface area contributed by atoms with Gasteiger partial charge in [0.1, 0.15) is 5.82 Å². The Labute approximate surface area is 93.7 Å². The van der Waals surface area contributed by atoms with Gasteiger partial charge in [-0.3, -0.25) is 9.89 Å². The second-order valence-electron chi connectivity index (χ2n) is 4.01. The molecule has 0 aromatic carbocycles. The normalized spacial score (nSPS) is 21.1. The first-order chi connectivity index (χ1) is 7.70. The Morgan fingerprint density at radius 2 is 2.50 bits per heavy atom. The number of likely N-dealkylation sites (tertiary alicyclic amines) is 1. The molecule has 2 N–H and O–H groups in total. The van der Waals surface area contributed by atoms with Crippen LogP contribution in [0.5, 0.6) is 0 Å². The number of aromatic amines is 1. The van der Waals surface area contributed by atoms with Crippen LogP contribution in [0.15, 0.2) is 0 Å². The SMILES string of the molecule is CCc1nc(C(=O)N2CCCC(O)C2)n[nH]1. The largest absolute Gasteiger partial charge is 0.391 e. The zero-order valence-corrected chi connectivity index (χ0v) is 9.31. The highest BCUT2D eigenvalue weighted by molar-refractivity contribution is 5.90. The third kappa shape index (κ3) is 2.21. The highest BCUT2D eigenvalue weighted by Crippen LogP contribution is 2.11. The molecule has 2 heterocycles. The van der Waals surface area contributed by atoms with Gasteiger partial charge in [-0.05, 0) is 12.8 Å². The third-order valence-corrected chi connectivity index (χ3v) is 2.74. The van der Waals surface area contributed by atoms with Crippen molar-refractivity contribution in [2.24, 2.45) is 0 Å². The molecule has 1 aromatic rings. The van der Waals surface area contributed by atoms with Crippen molar-refractivity contribution in [1.82, 2.24) is 20.1 Å². The number of amides is 1. The molecule has 0 bridgehead atoms. The molecule has 0 aliphatic carbocycles. The van der Waals surface area contributed by atoms with Gasteiger partial charge in [-0.15, -0.1) is 5.10 Å². The number of piperidine rings is 1. The number of aryl methyl sites for hydroxylation is 1. The Hall–Kier alpha value is -1.43. The van der Waals surface area contributed by atoms with Crippen LogP contribution in [0.2, 0.25) is 0 Å². The number of aliphatic hydroxyl groups is 1. The summed E-state index contributed by atoms with van der Waals surface area (Å²) in [6.45, 7) is 3.00. The zero-order valence-electron chi connectivity index (χ0n) is 9.31. The molecule has 6 heteroatoms. The van der Waals surface area contributed by atoms with Gasteiger partial charge in [-0.25, -0.2) is 4.98 Å². The van der Waals surface area contributed by atoms with E-state index in [0.717, 1.165) is 19.3 Å². The molecule has 1 aromatic heterocycles. The second-order valence-corrected chi connectivity index (χ2v) is 4.01. The lowest BCUT2D eigenvalue weighted by Crippen LogP contribution is -2.42. The van der Waals surface area contributed by atoms with Gasteiger partial charge in [0.2, 0.25) is 5.82 Å². The number of carbonyl (C=O) groups is 1. The summed E-state index contributed by atoms with van der Waals surface area (Å²) in [5, 5.41) is 16.1. The van der Waals surface area contributed by atoms with E-state index in [-0.39, 0.29) is 11.7 Å². The lowest BCUT2D eigenvalue weighted by atomic mass is 10.1. The molecule has 1 saturated heterocycles. The van der Waals surface area contributed by atoms with Crippen LogP contribution in [0.25, 0.3) is 0 Å². The number of aliphatic hydroxyl groups excluding tert-OH is 1. The zero-order chi connectivity index (χ0) is 11.5. The van der Waals surface area contributed by atoms with E-state index in [1.165, 1.54) is 0 Å². The van der Waals surface area contributed by atoms with Gasteiger partial charge in [0.05, 0.1) is 6.10 Å². The summed E-state index contributed by atoms with van der Waals surface area (Å²) in [7, 11) is 0. The molecule has 2 rings (SSSR count). The van der Waals surface area contributed by atoms with E-state index in [0.29, 0.717) is 18.9 Å². The minimum Gasteiger partial charge on any atom is -0.391 e. The molecule has 6 nitrogen and oxygen atoms in total. The molecule has 1 amide bonds. The lowest BCUT2D eigenvalue weighted by molar-refractivity contribution is 0.0464. The Bertz CT molecular complexity index is 377. The van der Waals surface area contributed by atoms with Gasteiger partial charge in [0, 0.05) is 19.5 Å². The van der Waals surface area contributed by atoms with Crippen LogP contribution in [0.4, 0.5) is 0 Å². The second kappa shape index (κ2) is 4.61. The number of H-pyrrole nitrogens is 1. The van der Waals surface area contributed by atoms with Crippen LogP contribution < -0.4 is 0 Å². The fourth-order valence-corrected chi connectivity index (χ4v) is 1.83. The first-order valence-corrected chi connectivity index (χ1v) is 5.59. The Balaban J connectivity index is 2.06. The fraction of sp³-hybridized carbons (Fsp3) is 0.700. The van der Waals surface area contributed by atoms with E-state index in [1.807, 2.05) is 6.92 Å². The lowest BCUT2D eigenvalue weighted by Gasteiger charge is -2.29. The predicted molar refractivity (Wildman–Crippen MR) is 56.9 cm³/mol. The van der Waals surface area contributed by atoms with Gasteiger partial charge in [0.15, 0.2) is 0 Å². The van der Waals surface area contributed by atoms with Crippen molar-refractivity contribution < 1.29 is 9.90 Å². The summed E-state index contributed by atoms with van der Waals surface area (Å²) in [4.78, 5) is 17.6. The van der Waals surface area contributed by atoms with E-state index >= 15 is 0 Å². The van der Waals surface area contributed by atoms with Crippen molar-refractivity contribution in [1.29, 1.82) is 0 Å². The van der Waals surface area contributed by atoms with Gasteiger partial charge in [-0.2, -0.15) is 0 Å². The van der Waals surface area contributed by atoms with Crippen molar-refractivity contribution in [2.45, 2.75) is 32.3 Å². The average molecular weight is 224 g/mol. The van der Waals surface area contributed by atoms with Gasteiger partial charge in [-0.1, -0.05) is 6.92 Å². The molecule has 1 aliphatic heterocycles. The maximum Gasteiger partial charge on any atom is 0.293 e. The average Bonchev–Trinajstić information content (AvgIpc) is 2.76. The van der Waals surface area contributed by atoms with Gasteiger partial charge < -0.3 is 10.0 Å². The molecule has 16 heavy (non-hydrogen) atoms. The first-order valence-electron chi connectivity index (χ1n) is 5.59. The molecule has 1 aliphatic rings. The summed E-state index contributed by atoms with van der Waals surface area (Å²) in [6, 6.07) is 0. The number of nitrogens with zero attached hydrogens (tertiary/aromatic N) is 3. The molecular weight excluding hydrogens is 208 g/mol. The molecular formula is C10H16N4O2. The monoisotopic (exact) mass is 224 g/mol. The summed E-state index contributed by atoms with van der Waals surface area (Å²) >= 11 is 0. The van der Waals surface area contributed by atoms with E-state index in [9.17, 15) is 9.90 Å². The van der Waals surface area contributed by atoms with Crippen LogP contribution in [0.1, 0.15) is 36.2 Å². The summed E-state index contributed by atoms with van der Waals surface area (Å²) in [5.74, 6) is 0.710. The van der Waals surface area contributed by atoms with Crippen molar-refractivity contribution >= 4 is 5.91 Å². The summed E-state index contributed by atoms with van der Waals surface area (Å²) in [6.07, 6.45) is 1.90. The van der Waals surface area contributed by atoms with Crippen LogP contribution in [-0.2, 0) is 6.42 Å². The topological polar surface area (TPSA) is 82.1 Å². The Kier molecular flexibility index (Phi) is 3.19. The molecule has 1 atom stereocenters. The highest BCUT2D eigenvalue weighted by Gasteiger charge is 2.25. The number of hydrogen-bond acceptors (Lipinski definition) is 4. The van der Waals surface area contributed by atoms with Crippen molar-refractivity contribution in [3.05, 3.63) is 11.6 Å². The predicted octanol–water partition coefficient (Wildman–Crippen LogP) is -0.0360. The number of aromatic nitrogens is 3. The minimum absolute atomic E-state index is 0.199. The number of nitrogens with one attached hydrogen (secondary N) is 1. The van der Waals surface area contributed by atoms with Crippen LogP contribution in [-0.4, -0.2) is 50.3 Å². The molecule has 0 saturated carbocycles. The van der Waals surface area contributed by atoms with Crippen molar-refractivity contribution in [3.63, 3.8) is 0 Å². The number of β-amino-alcohol motifs (C(OH)–C–C–N with tert-alkyl or cyclic N) is 1. The maximum absolute atomic E-state index is 11.9. The molecule has 1 fully saturated rings. The molecule has 0 radical (unpaired) electrons. The third-order valence-electron chi connectivity index (χ3n) is 2.74. The summed E-state index contributed by atoms with van der Waals surface area (Å²) in [5.41, 5.74) is 0. The van der Waals surface area contributed by atoms with Crippen LogP contribution >= 0.6 is 0 Å². The van der Waals surface area contributed by atoms with Crippen LogP contribution in [0, 0.1) is 0 Å². The highest BCUT2D eigenvalue weighted by atomic mass is 16.3. The maximum atomic E-state index is 11.9. The molecule has 0 spiro atoms. The van der Waals surface area contributed by atoms with E-state index in [2.05, 4.69) is 15.2 Å². The number of rotatable bonds is 2. The Morgan fingerprint density at radius 1 is 1.69 bits per heavy atom. The number of carbonyl (C=O) groups excluding carboxylic acids is 1. The van der Waals surface area contributed by atoms with Crippen LogP contribution in [0.3, 0.4) is 0 Å². The standard InChI is InChI=1S/C10H16N4O2/c1-2-8-11-9(13-12-8)10(16)14-5-3-4-7(15)6-14/h7,15H,2-6H2,1H3,(H,11,12,13). The van der Waals surface area contributed by atoms with E-state index in [4.69, 9.17) is 0 Å².